The van der Waals surface area contributed by atoms with Gasteiger partial charge in [0.25, 0.3) is 5.56 Å². The molecule has 4 aromatic rings. The summed E-state index contributed by atoms with van der Waals surface area (Å²) < 4.78 is 21.4. The van der Waals surface area contributed by atoms with Crippen LogP contribution in [0.15, 0.2) is 65.1 Å². The van der Waals surface area contributed by atoms with E-state index in [0.717, 1.165) is 48.1 Å². The van der Waals surface area contributed by atoms with Crippen molar-refractivity contribution in [3.8, 4) is 5.75 Å². The SMILES string of the molecule is C=CC1CN2CCC1C[C@H]2[C@H](OCc1cn([C@H]2C[C@H](n3cc(C)c(=O)[nH]c3=O)O[C@@H]2CO)nn1)c1ccnc2ccc(OC)cc12. The third-order valence-electron chi connectivity index (χ3n) is 9.94. The number of hydrogen-bond acceptors (Lipinski definition) is 10. The van der Waals surface area contributed by atoms with Gasteiger partial charge in [0.2, 0.25) is 0 Å². The Morgan fingerprint density at radius 1 is 1.24 bits per heavy atom. The molecule has 0 radical (unpaired) electrons. The molecule has 0 spiro atoms. The molecule has 46 heavy (non-hydrogen) atoms. The first kappa shape index (κ1) is 30.5. The molecule has 13 heteroatoms. The topological polar surface area (TPSA) is 150 Å². The van der Waals surface area contributed by atoms with Gasteiger partial charge in [-0.25, -0.2) is 9.48 Å². The average Bonchev–Trinajstić information content (AvgIpc) is 3.74. The number of nitrogens with zero attached hydrogens (tertiary/aromatic N) is 6. The highest BCUT2D eigenvalue weighted by Crippen LogP contribution is 2.44. The molecule has 3 aromatic heterocycles. The Balaban J connectivity index is 1.15. The maximum absolute atomic E-state index is 12.5. The van der Waals surface area contributed by atoms with E-state index < -0.39 is 23.6 Å². The maximum Gasteiger partial charge on any atom is 0.330 e. The Hall–Kier alpha value is -4.17. The second-order valence-electron chi connectivity index (χ2n) is 12.5. The number of fused-ring (bicyclic) bond motifs is 4. The van der Waals surface area contributed by atoms with E-state index in [0.29, 0.717) is 29.5 Å². The number of nitrogens with one attached hydrogen (secondary N) is 1. The number of aliphatic hydroxyl groups is 1. The highest BCUT2D eigenvalue weighted by Gasteiger charge is 2.44. The second-order valence-corrected chi connectivity index (χ2v) is 12.5. The summed E-state index contributed by atoms with van der Waals surface area (Å²) in [5, 5.41) is 19.9. The number of methoxy groups -OCH3 is 1. The highest BCUT2D eigenvalue weighted by molar-refractivity contribution is 5.84. The highest BCUT2D eigenvalue weighted by atomic mass is 16.5. The number of aromatic nitrogens is 6. The quantitative estimate of drug-likeness (QED) is 0.251. The van der Waals surface area contributed by atoms with Crippen LogP contribution in [0.5, 0.6) is 5.75 Å². The molecular weight excluding hydrogens is 590 g/mol. The van der Waals surface area contributed by atoms with Crippen molar-refractivity contribution >= 4 is 10.9 Å². The van der Waals surface area contributed by atoms with Crippen molar-refractivity contribution in [1.82, 2.24) is 34.4 Å². The molecule has 2 N–H and O–H groups in total. The summed E-state index contributed by atoms with van der Waals surface area (Å²) in [6.07, 6.45) is 8.19. The zero-order valence-electron chi connectivity index (χ0n) is 26.0. The number of aliphatic hydroxyl groups excluding tert-OH is 1. The van der Waals surface area contributed by atoms with Gasteiger partial charge in [-0.05, 0) is 68.0 Å². The minimum absolute atomic E-state index is 0.170. The third kappa shape index (κ3) is 5.57. The Bertz CT molecular complexity index is 1850. The minimum Gasteiger partial charge on any atom is -0.497 e. The monoisotopic (exact) mass is 629 g/mol. The van der Waals surface area contributed by atoms with Crippen molar-refractivity contribution in [3.63, 3.8) is 0 Å². The molecule has 242 valence electrons. The number of aryl methyl sites for hydroxylation is 1. The van der Waals surface area contributed by atoms with Crippen LogP contribution in [0.4, 0.5) is 0 Å². The molecule has 0 aliphatic carbocycles. The largest absolute Gasteiger partial charge is 0.497 e. The van der Waals surface area contributed by atoms with E-state index >= 15 is 0 Å². The van der Waals surface area contributed by atoms with Crippen LogP contribution >= 0.6 is 0 Å². The number of rotatable bonds is 10. The van der Waals surface area contributed by atoms with Crippen molar-refractivity contribution in [3.05, 3.63) is 93.2 Å². The van der Waals surface area contributed by atoms with Crippen LogP contribution in [0, 0.1) is 18.8 Å². The molecule has 0 saturated carbocycles. The molecule has 2 bridgehead atoms. The molecule has 4 saturated heterocycles. The van der Waals surface area contributed by atoms with Gasteiger partial charge < -0.3 is 19.3 Å². The molecule has 13 nitrogen and oxygen atoms in total. The summed E-state index contributed by atoms with van der Waals surface area (Å²) in [5.41, 5.74) is 1.96. The van der Waals surface area contributed by atoms with E-state index in [1.54, 1.807) is 18.7 Å². The minimum atomic E-state index is -0.675. The van der Waals surface area contributed by atoms with E-state index in [9.17, 15) is 14.7 Å². The predicted octanol–water partition coefficient (Wildman–Crippen LogP) is 2.67. The number of aromatic amines is 1. The summed E-state index contributed by atoms with van der Waals surface area (Å²) in [5.74, 6) is 1.80. The standard InChI is InChI=1S/C33H39N7O6/c1-4-20-15-38-10-8-21(20)11-28(38)31(24-7-9-34-26-6-5-23(44-3)12-25(24)26)45-18-22-16-40(37-36-22)27-13-30(46-29(27)17-41)39-14-19(2)32(42)35-33(39)43/h4-7,9,12,14,16,20-21,27-31,41H,1,8,10-11,13,15,17-18H2,2-3H3,(H,35,42,43)/t20?,21?,27-,28-,29+,30+,31+/m0/s1. The van der Waals surface area contributed by atoms with Crippen molar-refractivity contribution in [2.75, 3.05) is 26.8 Å². The van der Waals surface area contributed by atoms with Gasteiger partial charge in [-0.1, -0.05) is 11.3 Å². The van der Waals surface area contributed by atoms with Crippen LogP contribution in [-0.4, -0.2) is 78.5 Å². The molecule has 4 fully saturated rings. The van der Waals surface area contributed by atoms with Gasteiger partial charge in [0.05, 0.1) is 44.2 Å². The maximum atomic E-state index is 12.5. The second kappa shape index (κ2) is 12.6. The number of ether oxygens (including phenoxy) is 3. The summed E-state index contributed by atoms with van der Waals surface area (Å²) >= 11 is 0. The van der Waals surface area contributed by atoms with Crippen LogP contribution in [0.3, 0.4) is 0 Å². The van der Waals surface area contributed by atoms with Crippen LogP contribution in [0.25, 0.3) is 10.9 Å². The third-order valence-corrected chi connectivity index (χ3v) is 9.94. The predicted molar refractivity (Wildman–Crippen MR) is 168 cm³/mol. The summed E-state index contributed by atoms with van der Waals surface area (Å²) in [7, 11) is 1.66. The van der Waals surface area contributed by atoms with Gasteiger partial charge in [-0.15, -0.1) is 11.7 Å². The van der Waals surface area contributed by atoms with Gasteiger partial charge in [0, 0.05) is 42.4 Å². The zero-order chi connectivity index (χ0) is 31.9. The van der Waals surface area contributed by atoms with Crippen molar-refractivity contribution < 1.29 is 19.3 Å². The van der Waals surface area contributed by atoms with Gasteiger partial charge in [0.1, 0.15) is 23.8 Å². The molecule has 0 amide bonds. The number of piperidine rings is 3. The zero-order valence-corrected chi connectivity index (χ0v) is 26.0. The van der Waals surface area contributed by atoms with E-state index in [4.69, 9.17) is 14.2 Å². The lowest BCUT2D eigenvalue weighted by atomic mass is 9.73. The Kier molecular flexibility index (Phi) is 8.32. The Labute approximate surface area is 265 Å². The Morgan fingerprint density at radius 2 is 2.11 bits per heavy atom. The van der Waals surface area contributed by atoms with E-state index in [-0.39, 0.29) is 31.4 Å². The van der Waals surface area contributed by atoms with Gasteiger partial charge in [-0.2, -0.15) is 0 Å². The summed E-state index contributed by atoms with van der Waals surface area (Å²) in [6, 6.07) is 7.74. The first-order chi connectivity index (χ1) is 22.4. The van der Waals surface area contributed by atoms with Crippen LogP contribution in [-0.2, 0) is 16.1 Å². The lowest BCUT2D eigenvalue weighted by Crippen LogP contribution is -2.55. The first-order valence-electron chi connectivity index (χ1n) is 15.8. The molecule has 7 heterocycles. The van der Waals surface area contributed by atoms with E-state index in [2.05, 4.69) is 37.8 Å². The van der Waals surface area contributed by atoms with Crippen LogP contribution in [0.2, 0.25) is 0 Å². The normalized spacial score (nSPS) is 28.0. The smallest absolute Gasteiger partial charge is 0.330 e. The fourth-order valence-electron chi connectivity index (χ4n) is 7.47. The first-order valence-corrected chi connectivity index (χ1v) is 15.8. The van der Waals surface area contributed by atoms with Crippen molar-refractivity contribution in [2.24, 2.45) is 11.8 Å². The fourth-order valence-corrected chi connectivity index (χ4v) is 7.47. The van der Waals surface area contributed by atoms with E-state index in [1.165, 1.54) is 10.8 Å². The molecule has 8 rings (SSSR count). The van der Waals surface area contributed by atoms with Gasteiger partial charge >= 0.3 is 5.69 Å². The van der Waals surface area contributed by atoms with Crippen LogP contribution in [0.1, 0.15) is 54.5 Å². The summed E-state index contributed by atoms with van der Waals surface area (Å²) in [4.78, 5) is 33.8. The molecule has 1 aromatic carbocycles. The lowest BCUT2D eigenvalue weighted by molar-refractivity contribution is -0.0809. The van der Waals surface area contributed by atoms with E-state index in [1.807, 2.05) is 36.7 Å². The molecular formula is C33H39N7O6. The molecule has 8 atom stereocenters. The molecule has 4 aliphatic rings. The lowest BCUT2D eigenvalue weighted by Gasteiger charge is -2.51. The van der Waals surface area contributed by atoms with Gasteiger partial charge in [-0.3, -0.25) is 24.2 Å². The molecule has 4 aliphatic heterocycles. The Morgan fingerprint density at radius 3 is 2.87 bits per heavy atom. The van der Waals surface area contributed by atoms with Crippen LogP contribution < -0.4 is 16.0 Å². The number of benzene rings is 1. The average molecular weight is 630 g/mol. The fraction of sp³-hybridized carbons (Fsp3) is 0.485. The van der Waals surface area contributed by atoms with Crippen molar-refractivity contribution in [2.45, 2.75) is 63.3 Å². The number of pyridine rings is 1. The summed E-state index contributed by atoms with van der Waals surface area (Å²) in [6.45, 7) is 7.65. The molecule has 3 unspecified atom stereocenters. The van der Waals surface area contributed by atoms with Crippen molar-refractivity contribution in [1.29, 1.82) is 0 Å². The number of hydrogen-bond donors (Lipinski definition) is 2. The van der Waals surface area contributed by atoms with Gasteiger partial charge in [0.15, 0.2) is 0 Å². The number of H-pyrrole nitrogens is 1.